The van der Waals surface area contributed by atoms with E-state index >= 15 is 0 Å². The minimum Gasteiger partial charge on any atom is -0.480 e. The van der Waals surface area contributed by atoms with Gasteiger partial charge in [0.15, 0.2) is 11.1 Å². The maximum atomic E-state index is 12.3. The van der Waals surface area contributed by atoms with Gasteiger partial charge in [-0.2, -0.15) is 0 Å². The number of pyridine rings is 1. The molecule has 0 aliphatic heterocycles. The van der Waals surface area contributed by atoms with Crippen LogP contribution in [0.3, 0.4) is 0 Å². The van der Waals surface area contributed by atoms with E-state index in [-0.39, 0.29) is 11.1 Å². The smallest absolute Gasteiger partial charge is 0.422 e. The van der Waals surface area contributed by atoms with Gasteiger partial charge in [-0.3, -0.25) is 9.59 Å². The summed E-state index contributed by atoms with van der Waals surface area (Å²) in [5.74, 6) is -0.997. The van der Waals surface area contributed by atoms with Gasteiger partial charge in [0.25, 0.3) is 5.56 Å². The number of aliphatic carboxylic acids is 1. The summed E-state index contributed by atoms with van der Waals surface area (Å²) in [6.45, 7) is 1.21. The van der Waals surface area contributed by atoms with Gasteiger partial charge in [0, 0.05) is 11.8 Å². The van der Waals surface area contributed by atoms with Gasteiger partial charge in [0.2, 0.25) is 0 Å². The molecule has 4 aromatic rings. The molecule has 0 aliphatic rings. The average Bonchev–Trinajstić information content (AvgIpc) is 2.73. The molecule has 2 aromatic carbocycles. The fourth-order valence-electron chi connectivity index (χ4n) is 2.93. The molecular formula is C22H16N2O6. The summed E-state index contributed by atoms with van der Waals surface area (Å²) in [6, 6.07) is 16.4. The quantitative estimate of drug-likeness (QED) is 0.544. The molecule has 8 heteroatoms. The molecule has 2 heterocycles. The van der Waals surface area contributed by atoms with Crippen LogP contribution in [-0.2, 0) is 11.3 Å². The molecular weight excluding hydrogens is 388 g/mol. The normalized spacial score (nSPS) is 10.8. The number of aryl methyl sites for hydroxylation is 1. The third-order valence-corrected chi connectivity index (χ3v) is 4.46. The summed E-state index contributed by atoms with van der Waals surface area (Å²) in [4.78, 5) is 39.2. The Morgan fingerprint density at radius 3 is 2.30 bits per heavy atom. The van der Waals surface area contributed by atoms with Gasteiger partial charge in [0.1, 0.15) is 18.0 Å². The third-order valence-electron chi connectivity index (χ3n) is 4.46. The van der Waals surface area contributed by atoms with E-state index in [4.69, 9.17) is 14.3 Å². The summed E-state index contributed by atoms with van der Waals surface area (Å²) >= 11 is 0. The Balaban J connectivity index is 1.64. The van der Waals surface area contributed by atoms with Gasteiger partial charge in [-0.05, 0) is 42.8 Å². The van der Waals surface area contributed by atoms with Gasteiger partial charge in [-0.1, -0.05) is 29.8 Å². The minimum atomic E-state index is -1.33. The molecule has 0 bridgehead atoms. The minimum absolute atomic E-state index is 0.0101. The molecule has 0 aliphatic carbocycles. The van der Waals surface area contributed by atoms with Crippen molar-refractivity contribution in [2.75, 3.05) is 0 Å². The first-order valence-corrected chi connectivity index (χ1v) is 9.01. The van der Waals surface area contributed by atoms with Crippen LogP contribution in [0.1, 0.15) is 5.56 Å². The lowest BCUT2D eigenvalue weighted by molar-refractivity contribution is -0.137. The molecule has 150 valence electrons. The molecule has 0 radical (unpaired) electrons. The van der Waals surface area contributed by atoms with Crippen molar-refractivity contribution in [1.29, 1.82) is 0 Å². The molecule has 0 fully saturated rings. The van der Waals surface area contributed by atoms with Crippen molar-refractivity contribution in [3.05, 3.63) is 87.3 Å². The molecule has 0 unspecified atom stereocenters. The van der Waals surface area contributed by atoms with E-state index in [0.29, 0.717) is 15.9 Å². The van der Waals surface area contributed by atoms with Gasteiger partial charge < -0.3 is 14.3 Å². The van der Waals surface area contributed by atoms with E-state index in [1.165, 1.54) is 12.3 Å². The lowest BCUT2D eigenvalue weighted by atomic mass is 10.1. The van der Waals surface area contributed by atoms with Crippen LogP contribution in [0.15, 0.2) is 74.8 Å². The molecule has 1 N–H and O–H groups in total. The fourth-order valence-corrected chi connectivity index (χ4v) is 2.93. The van der Waals surface area contributed by atoms with Crippen LogP contribution in [0, 0.1) is 6.92 Å². The number of aromatic nitrogens is 2. The molecule has 0 saturated heterocycles. The molecule has 4 rings (SSSR count). The Kier molecular flexibility index (Phi) is 4.89. The van der Waals surface area contributed by atoms with E-state index in [1.807, 2.05) is 43.3 Å². The second-order valence-electron chi connectivity index (χ2n) is 6.66. The highest BCUT2D eigenvalue weighted by atomic mass is 16.5. The maximum absolute atomic E-state index is 12.3. The molecule has 0 atom stereocenters. The number of nitrogens with zero attached hydrogens (tertiary/aromatic N) is 2. The lowest BCUT2D eigenvalue weighted by Gasteiger charge is -2.08. The molecule has 2 aromatic heterocycles. The standard InChI is InChI=1S/C22H16N2O6/c1-13-2-6-16(7-3-13)29-17-8-4-14(5-9-17)15-10-18-20(23-11-15)21(27)24(12-19(25)26)22(28)30-18/h2-11H,12H2,1H3,(H,25,26). The predicted molar refractivity (Wildman–Crippen MR) is 109 cm³/mol. The second-order valence-corrected chi connectivity index (χ2v) is 6.66. The highest BCUT2D eigenvalue weighted by Gasteiger charge is 2.14. The zero-order valence-electron chi connectivity index (χ0n) is 15.9. The van der Waals surface area contributed by atoms with Crippen LogP contribution < -0.4 is 16.1 Å². The van der Waals surface area contributed by atoms with Gasteiger partial charge in [-0.25, -0.2) is 14.3 Å². The van der Waals surface area contributed by atoms with E-state index in [2.05, 4.69) is 4.98 Å². The van der Waals surface area contributed by atoms with Crippen LogP contribution in [-0.4, -0.2) is 20.6 Å². The first-order chi connectivity index (χ1) is 14.4. The monoisotopic (exact) mass is 404 g/mol. The SMILES string of the molecule is Cc1ccc(Oc2ccc(-c3cnc4c(=O)n(CC(=O)O)c(=O)oc4c3)cc2)cc1. The number of fused-ring (bicyclic) bond motifs is 1. The van der Waals surface area contributed by atoms with Crippen molar-refractivity contribution in [2.45, 2.75) is 13.5 Å². The number of rotatable bonds is 5. The summed E-state index contributed by atoms with van der Waals surface area (Å²) in [6.07, 6.45) is 1.46. The fraction of sp³-hybridized carbons (Fsp3) is 0.0909. The van der Waals surface area contributed by atoms with Gasteiger partial charge in [0.05, 0.1) is 0 Å². The summed E-state index contributed by atoms with van der Waals surface area (Å²) in [5.41, 5.74) is 1.61. The molecule has 30 heavy (non-hydrogen) atoms. The molecule has 0 amide bonds. The van der Waals surface area contributed by atoms with Gasteiger partial charge in [-0.15, -0.1) is 0 Å². The Morgan fingerprint density at radius 1 is 1.03 bits per heavy atom. The Bertz CT molecular complexity index is 1350. The third kappa shape index (κ3) is 3.83. The number of carbonyl (C=O) groups is 1. The Hall–Kier alpha value is -4.20. The predicted octanol–water partition coefficient (Wildman–Crippen LogP) is 3.20. The second kappa shape index (κ2) is 7.67. The van der Waals surface area contributed by atoms with Crippen LogP contribution in [0.4, 0.5) is 0 Å². The number of ether oxygens (including phenoxy) is 1. The summed E-state index contributed by atoms with van der Waals surface area (Å²) in [5, 5.41) is 8.84. The first kappa shape index (κ1) is 19.1. The van der Waals surface area contributed by atoms with Crippen LogP contribution in [0.2, 0.25) is 0 Å². The molecule has 8 nitrogen and oxygen atoms in total. The number of hydrogen-bond acceptors (Lipinski definition) is 6. The van der Waals surface area contributed by atoms with Crippen LogP contribution >= 0.6 is 0 Å². The molecule has 0 spiro atoms. The van der Waals surface area contributed by atoms with Gasteiger partial charge >= 0.3 is 11.7 Å². The van der Waals surface area contributed by atoms with E-state index in [0.717, 1.165) is 16.9 Å². The van der Waals surface area contributed by atoms with Crippen LogP contribution in [0.25, 0.3) is 22.2 Å². The van der Waals surface area contributed by atoms with Crippen molar-refractivity contribution in [3.8, 4) is 22.6 Å². The van der Waals surface area contributed by atoms with E-state index in [1.54, 1.807) is 12.1 Å². The van der Waals surface area contributed by atoms with Crippen LogP contribution in [0.5, 0.6) is 11.5 Å². The summed E-state index contributed by atoms with van der Waals surface area (Å²) in [7, 11) is 0. The van der Waals surface area contributed by atoms with Crippen molar-refractivity contribution >= 4 is 17.1 Å². The number of carboxylic acids is 1. The topological polar surface area (TPSA) is 112 Å². The largest absolute Gasteiger partial charge is 0.480 e. The zero-order valence-corrected chi connectivity index (χ0v) is 15.9. The number of benzene rings is 2. The van der Waals surface area contributed by atoms with Crippen molar-refractivity contribution in [3.63, 3.8) is 0 Å². The average molecular weight is 404 g/mol. The number of carboxylic acid groups (broad SMARTS) is 1. The first-order valence-electron chi connectivity index (χ1n) is 9.01. The molecule has 0 saturated carbocycles. The van der Waals surface area contributed by atoms with E-state index in [9.17, 15) is 14.4 Å². The Labute approximate surface area is 169 Å². The van der Waals surface area contributed by atoms with Crippen molar-refractivity contribution in [1.82, 2.24) is 9.55 Å². The highest BCUT2D eigenvalue weighted by Crippen LogP contribution is 2.26. The Morgan fingerprint density at radius 2 is 1.67 bits per heavy atom. The van der Waals surface area contributed by atoms with Crippen molar-refractivity contribution in [2.24, 2.45) is 0 Å². The highest BCUT2D eigenvalue weighted by molar-refractivity contribution is 5.78. The summed E-state index contributed by atoms with van der Waals surface area (Å²) < 4.78 is 11.4. The van der Waals surface area contributed by atoms with E-state index < -0.39 is 23.8 Å². The number of hydrogen-bond donors (Lipinski definition) is 1. The lowest BCUT2D eigenvalue weighted by Crippen LogP contribution is -2.35. The van der Waals surface area contributed by atoms with Crippen molar-refractivity contribution < 1.29 is 19.1 Å². The maximum Gasteiger partial charge on any atom is 0.422 e. The zero-order chi connectivity index (χ0) is 21.3.